The number of nitrogens with zero attached hydrogens (tertiary/aromatic N) is 1. The molecule has 1 N–H and O–H groups in total. The van der Waals surface area contributed by atoms with E-state index in [9.17, 15) is 0 Å². The summed E-state index contributed by atoms with van der Waals surface area (Å²) in [6.07, 6.45) is 4.10. The number of hydrogen-bond donors (Lipinski definition) is 1. The van der Waals surface area contributed by atoms with Crippen LogP contribution in [0, 0.1) is 0 Å². The standard InChI is InChI=1S/C9H20N2/c1-8(6-7-10-2)11(3)9-4-5-9/h8-10H,4-7H2,1-3H3. The van der Waals surface area contributed by atoms with E-state index in [-0.39, 0.29) is 0 Å². The second kappa shape index (κ2) is 4.07. The molecule has 0 aromatic rings. The monoisotopic (exact) mass is 156 g/mol. The topological polar surface area (TPSA) is 15.3 Å². The molecule has 2 heteroatoms. The summed E-state index contributed by atoms with van der Waals surface area (Å²) in [5.41, 5.74) is 0. The molecular weight excluding hydrogens is 136 g/mol. The minimum absolute atomic E-state index is 0.745. The normalized spacial score (nSPS) is 20.7. The molecule has 0 aromatic heterocycles. The molecule has 1 atom stereocenters. The molecule has 0 spiro atoms. The minimum Gasteiger partial charge on any atom is -0.320 e. The second-order valence-electron chi connectivity index (χ2n) is 3.64. The zero-order chi connectivity index (χ0) is 8.27. The van der Waals surface area contributed by atoms with Gasteiger partial charge in [0.1, 0.15) is 0 Å². The van der Waals surface area contributed by atoms with E-state index in [1.54, 1.807) is 0 Å². The van der Waals surface area contributed by atoms with Crippen molar-refractivity contribution >= 4 is 0 Å². The first kappa shape index (κ1) is 9.01. The maximum Gasteiger partial charge on any atom is 0.00961 e. The predicted octanol–water partition coefficient (Wildman–Crippen LogP) is 1.08. The van der Waals surface area contributed by atoms with Crippen LogP contribution in [-0.2, 0) is 0 Å². The SMILES string of the molecule is CNCCC(C)N(C)C1CC1. The van der Waals surface area contributed by atoms with Crippen LogP contribution in [0.3, 0.4) is 0 Å². The zero-order valence-corrected chi connectivity index (χ0v) is 7.93. The zero-order valence-electron chi connectivity index (χ0n) is 7.93. The van der Waals surface area contributed by atoms with Crippen LogP contribution in [0.5, 0.6) is 0 Å². The Kier molecular flexibility index (Phi) is 3.34. The van der Waals surface area contributed by atoms with Gasteiger partial charge in [-0.05, 0) is 46.8 Å². The smallest absolute Gasteiger partial charge is 0.00961 e. The molecule has 2 nitrogen and oxygen atoms in total. The Morgan fingerprint density at radius 1 is 1.55 bits per heavy atom. The fourth-order valence-corrected chi connectivity index (χ4v) is 1.40. The third-order valence-electron chi connectivity index (χ3n) is 2.63. The first-order chi connectivity index (χ1) is 5.25. The highest BCUT2D eigenvalue weighted by atomic mass is 15.2. The number of hydrogen-bond acceptors (Lipinski definition) is 2. The molecule has 0 aliphatic heterocycles. The molecular formula is C9H20N2. The minimum atomic E-state index is 0.745. The molecule has 0 amide bonds. The molecule has 66 valence electrons. The van der Waals surface area contributed by atoms with Gasteiger partial charge in [-0.2, -0.15) is 0 Å². The lowest BCUT2D eigenvalue weighted by Crippen LogP contribution is -2.33. The van der Waals surface area contributed by atoms with Crippen molar-refractivity contribution in [3.63, 3.8) is 0 Å². The molecule has 1 fully saturated rings. The average Bonchev–Trinajstić information content (AvgIpc) is 2.81. The Balaban J connectivity index is 2.11. The second-order valence-corrected chi connectivity index (χ2v) is 3.64. The summed E-state index contributed by atoms with van der Waals surface area (Å²) in [7, 11) is 4.27. The third kappa shape index (κ3) is 2.80. The number of rotatable bonds is 5. The molecule has 0 radical (unpaired) electrons. The van der Waals surface area contributed by atoms with Crippen LogP contribution in [0.1, 0.15) is 26.2 Å². The van der Waals surface area contributed by atoms with Crippen LogP contribution in [0.25, 0.3) is 0 Å². The summed E-state index contributed by atoms with van der Waals surface area (Å²) in [6, 6.07) is 1.65. The van der Waals surface area contributed by atoms with Gasteiger partial charge in [-0.3, -0.25) is 0 Å². The Morgan fingerprint density at radius 2 is 2.18 bits per heavy atom. The van der Waals surface area contributed by atoms with Crippen LogP contribution >= 0.6 is 0 Å². The van der Waals surface area contributed by atoms with E-state index in [0.29, 0.717) is 0 Å². The first-order valence-corrected chi connectivity index (χ1v) is 4.62. The van der Waals surface area contributed by atoms with Gasteiger partial charge in [0, 0.05) is 12.1 Å². The fraction of sp³-hybridized carbons (Fsp3) is 1.00. The maximum absolute atomic E-state index is 3.19. The van der Waals surface area contributed by atoms with Gasteiger partial charge in [-0.25, -0.2) is 0 Å². The van der Waals surface area contributed by atoms with Crippen molar-refractivity contribution in [2.75, 3.05) is 20.6 Å². The molecule has 0 aromatic carbocycles. The summed E-state index contributed by atoms with van der Waals surface area (Å²) in [5.74, 6) is 0. The van der Waals surface area contributed by atoms with E-state index < -0.39 is 0 Å². The van der Waals surface area contributed by atoms with E-state index in [1.165, 1.54) is 19.3 Å². The van der Waals surface area contributed by atoms with Crippen molar-refractivity contribution in [3.05, 3.63) is 0 Å². The highest BCUT2D eigenvalue weighted by Gasteiger charge is 2.28. The highest BCUT2D eigenvalue weighted by molar-refractivity contribution is 4.85. The fourth-order valence-electron chi connectivity index (χ4n) is 1.40. The largest absolute Gasteiger partial charge is 0.320 e. The Bertz CT molecular complexity index is 110. The van der Waals surface area contributed by atoms with Crippen molar-refractivity contribution in [2.24, 2.45) is 0 Å². The van der Waals surface area contributed by atoms with Gasteiger partial charge in [-0.15, -0.1) is 0 Å². The van der Waals surface area contributed by atoms with Gasteiger partial charge in [0.15, 0.2) is 0 Å². The highest BCUT2D eigenvalue weighted by Crippen LogP contribution is 2.27. The lowest BCUT2D eigenvalue weighted by Gasteiger charge is -2.24. The Hall–Kier alpha value is -0.0800. The molecule has 0 heterocycles. The molecule has 1 aliphatic carbocycles. The summed E-state index contributed by atoms with van der Waals surface area (Å²) in [4.78, 5) is 2.51. The Morgan fingerprint density at radius 3 is 2.64 bits per heavy atom. The van der Waals surface area contributed by atoms with Crippen LogP contribution in [0.2, 0.25) is 0 Å². The molecule has 11 heavy (non-hydrogen) atoms. The summed E-state index contributed by atoms with van der Waals surface area (Å²) >= 11 is 0. The molecule has 0 saturated heterocycles. The van der Waals surface area contributed by atoms with Crippen LogP contribution in [-0.4, -0.2) is 37.6 Å². The number of nitrogens with one attached hydrogen (secondary N) is 1. The molecule has 1 aliphatic rings. The summed E-state index contributed by atoms with van der Waals surface area (Å²) in [6.45, 7) is 3.45. The van der Waals surface area contributed by atoms with Crippen molar-refractivity contribution in [2.45, 2.75) is 38.3 Å². The Labute approximate surface area is 70.0 Å². The van der Waals surface area contributed by atoms with Crippen LogP contribution in [0.4, 0.5) is 0 Å². The summed E-state index contributed by atoms with van der Waals surface area (Å²) < 4.78 is 0. The van der Waals surface area contributed by atoms with Crippen molar-refractivity contribution in [1.82, 2.24) is 10.2 Å². The predicted molar refractivity (Wildman–Crippen MR) is 48.8 cm³/mol. The van der Waals surface area contributed by atoms with Gasteiger partial charge >= 0.3 is 0 Å². The lowest BCUT2D eigenvalue weighted by molar-refractivity contribution is 0.236. The van der Waals surface area contributed by atoms with E-state index in [0.717, 1.165) is 18.6 Å². The van der Waals surface area contributed by atoms with Gasteiger partial charge in [0.05, 0.1) is 0 Å². The van der Waals surface area contributed by atoms with E-state index in [4.69, 9.17) is 0 Å². The third-order valence-corrected chi connectivity index (χ3v) is 2.63. The molecule has 1 saturated carbocycles. The average molecular weight is 156 g/mol. The molecule has 0 bridgehead atoms. The van der Waals surface area contributed by atoms with Crippen molar-refractivity contribution in [3.8, 4) is 0 Å². The van der Waals surface area contributed by atoms with Crippen LogP contribution in [0.15, 0.2) is 0 Å². The van der Waals surface area contributed by atoms with Crippen molar-refractivity contribution < 1.29 is 0 Å². The van der Waals surface area contributed by atoms with Gasteiger partial charge in [0.2, 0.25) is 0 Å². The maximum atomic E-state index is 3.19. The van der Waals surface area contributed by atoms with Crippen LogP contribution < -0.4 is 5.32 Å². The van der Waals surface area contributed by atoms with E-state index >= 15 is 0 Å². The molecule has 1 rings (SSSR count). The van der Waals surface area contributed by atoms with Gasteiger partial charge in [-0.1, -0.05) is 0 Å². The summed E-state index contributed by atoms with van der Waals surface area (Å²) in [5, 5.41) is 3.19. The van der Waals surface area contributed by atoms with Gasteiger partial charge < -0.3 is 10.2 Å². The lowest BCUT2D eigenvalue weighted by atomic mass is 10.2. The quantitative estimate of drug-likeness (QED) is 0.641. The molecule has 1 unspecified atom stereocenters. The van der Waals surface area contributed by atoms with Crippen molar-refractivity contribution in [1.29, 1.82) is 0 Å². The van der Waals surface area contributed by atoms with Gasteiger partial charge in [0.25, 0.3) is 0 Å². The van der Waals surface area contributed by atoms with E-state index in [2.05, 4.69) is 24.2 Å². The van der Waals surface area contributed by atoms with E-state index in [1.807, 2.05) is 7.05 Å². The first-order valence-electron chi connectivity index (χ1n) is 4.62.